The number of hydrogen-bond acceptors (Lipinski definition) is 4. The zero-order valence-electron chi connectivity index (χ0n) is 13.9. The van der Waals surface area contributed by atoms with Gasteiger partial charge in [-0.2, -0.15) is 0 Å². The van der Waals surface area contributed by atoms with Crippen LogP contribution < -0.4 is 10.9 Å². The minimum atomic E-state index is -0.930. The molecule has 0 bridgehead atoms. The van der Waals surface area contributed by atoms with E-state index in [1.54, 1.807) is 19.1 Å². The molecule has 1 heterocycles. The van der Waals surface area contributed by atoms with Gasteiger partial charge in [0.05, 0.1) is 11.7 Å². The number of aryl methyl sites for hydroxylation is 1. The first kappa shape index (κ1) is 16.7. The second-order valence-corrected chi connectivity index (χ2v) is 6.39. The van der Waals surface area contributed by atoms with Crippen LogP contribution in [0.1, 0.15) is 35.8 Å². The van der Waals surface area contributed by atoms with Crippen molar-refractivity contribution in [3.8, 4) is 0 Å². The number of rotatable bonds is 5. The molecule has 0 unspecified atom stereocenters. The molecule has 6 nitrogen and oxygen atoms in total. The molecule has 6 heteroatoms. The second kappa shape index (κ2) is 6.37. The molecule has 0 spiro atoms. The predicted molar refractivity (Wildman–Crippen MR) is 91.2 cm³/mol. The Morgan fingerprint density at radius 2 is 2.04 bits per heavy atom. The molecule has 128 valence electrons. The van der Waals surface area contributed by atoms with Gasteiger partial charge in [-0.15, -0.1) is 0 Å². The maximum atomic E-state index is 12.4. The van der Waals surface area contributed by atoms with Crippen molar-refractivity contribution in [2.75, 3.05) is 13.2 Å². The lowest BCUT2D eigenvalue weighted by atomic mass is 9.77. The van der Waals surface area contributed by atoms with Gasteiger partial charge in [-0.3, -0.25) is 9.59 Å². The molecule has 1 aromatic heterocycles. The molecule has 24 heavy (non-hydrogen) atoms. The normalized spacial score (nSPS) is 23.0. The van der Waals surface area contributed by atoms with E-state index in [1.807, 2.05) is 19.1 Å². The van der Waals surface area contributed by atoms with Crippen molar-refractivity contribution in [2.24, 2.45) is 0 Å². The summed E-state index contributed by atoms with van der Waals surface area (Å²) in [6, 6.07) is 7.18. The number of aromatic nitrogens is 1. The van der Waals surface area contributed by atoms with E-state index in [4.69, 9.17) is 4.74 Å². The molecule has 2 aromatic rings. The van der Waals surface area contributed by atoms with Crippen LogP contribution in [0.4, 0.5) is 0 Å². The average Bonchev–Trinajstić information content (AvgIpc) is 2.55. The number of nitrogens with one attached hydrogen (secondary N) is 2. The Morgan fingerprint density at radius 3 is 2.71 bits per heavy atom. The van der Waals surface area contributed by atoms with Crippen LogP contribution in [0.25, 0.3) is 10.8 Å². The van der Waals surface area contributed by atoms with E-state index in [0.29, 0.717) is 24.8 Å². The van der Waals surface area contributed by atoms with Gasteiger partial charge in [0, 0.05) is 31.4 Å². The summed E-state index contributed by atoms with van der Waals surface area (Å²) in [5.41, 5.74) is -0.265. The monoisotopic (exact) mass is 330 g/mol. The molecule has 1 aromatic carbocycles. The summed E-state index contributed by atoms with van der Waals surface area (Å²) >= 11 is 0. The van der Waals surface area contributed by atoms with Crippen LogP contribution in [0.3, 0.4) is 0 Å². The van der Waals surface area contributed by atoms with Crippen LogP contribution in [-0.2, 0) is 4.74 Å². The van der Waals surface area contributed by atoms with Gasteiger partial charge in [0.15, 0.2) is 0 Å². The first-order valence-corrected chi connectivity index (χ1v) is 8.17. The Morgan fingerprint density at radius 1 is 1.38 bits per heavy atom. The number of aromatic amines is 1. The van der Waals surface area contributed by atoms with Gasteiger partial charge in [-0.05, 0) is 30.9 Å². The highest BCUT2D eigenvalue weighted by molar-refractivity contribution is 5.99. The molecular weight excluding hydrogens is 308 g/mol. The smallest absolute Gasteiger partial charge is 0.268 e. The molecule has 0 saturated heterocycles. The van der Waals surface area contributed by atoms with Crippen molar-refractivity contribution in [1.29, 1.82) is 0 Å². The average molecular weight is 330 g/mol. The van der Waals surface area contributed by atoms with Crippen LogP contribution in [0, 0.1) is 6.92 Å². The number of benzene rings is 1. The number of ether oxygens (including phenoxy) is 1. The number of H-pyrrole nitrogens is 1. The summed E-state index contributed by atoms with van der Waals surface area (Å²) < 4.78 is 5.43. The Bertz CT molecular complexity index is 821. The lowest BCUT2D eigenvalue weighted by Crippen LogP contribution is -2.55. The molecule has 0 atom stereocenters. The Labute approximate surface area is 139 Å². The van der Waals surface area contributed by atoms with Gasteiger partial charge < -0.3 is 20.1 Å². The second-order valence-electron chi connectivity index (χ2n) is 6.39. The minimum absolute atomic E-state index is 0.0547. The summed E-state index contributed by atoms with van der Waals surface area (Å²) in [7, 11) is 0. The number of hydrogen-bond donors (Lipinski definition) is 3. The third-order valence-corrected chi connectivity index (χ3v) is 4.61. The first-order chi connectivity index (χ1) is 11.4. The van der Waals surface area contributed by atoms with Crippen LogP contribution in [0.15, 0.2) is 29.1 Å². The van der Waals surface area contributed by atoms with E-state index in [2.05, 4.69) is 10.3 Å². The van der Waals surface area contributed by atoms with Crippen LogP contribution in [-0.4, -0.2) is 40.9 Å². The lowest BCUT2D eigenvalue weighted by molar-refractivity contribution is -0.133. The molecule has 1 aliphatic rings. The SMILES string of the molecule is CCOC1CC(O)(CNC(=O)c2[nH]c(=O)c3ccccc3c2C)C1. The number of fused-ring (bicyclic) bond motifs is 1. The van der Waals surface area contributed by atoms with Crippen LogP contribution >= 0.6 is 0 Å². The molecule has 3 N–H and O–H groups in total. The number of amides is 1. The topological polar surface area (TPSA) is 91.4 Å². The Balaban J connectivity index is 1.73. The van der Waals surface area contributed by atoms with E-state index in [1.165, 1.54) is 0 Å². The maximum absolute atomic E-state index is 12.4. The van der Waals surface area contributed by atoms with Gasteiger partial charge in [0.2, 0.25) is 0 Å². The molecule has 3 rings (SSSR count). The molecule has 1 aliphatic carbocycles. The molecular formula is C18H22N2O4. The van der Waals surface area contributed by atoms with Crippen LogP contribution in [0.5, 0.6) is 0 Å². The highest BCUT2D eigenvalue weighted by atomic mass is 16.5. The van der Waals surface area contributed by atoms with Crippen LogP contribution in [0.2, 0.25) is 0 Å². The summed E-state index contributed by atoms with van der Waals surface area (Å²) in [5, 5.41) is 14.4. The minimum Gasteiger partial charge on any atom is -0.388 e. The number of pyridine rings is 1. The van der Waals surface area contributed by atoms with Gasteiger partial charge >= 0.3 is 0 Å². The van der Waals surface area contributed by atoms with E-state index >= 15 is 0 Å². The van der Waals surface area contributed by atoms with Gasteiger partial charge in [0.25, 0.3) is 11.5 Å². The predicted octanol–water partition coefficient (Wildman–Crippen LogP) is 1.50. The molecule has 1 fully saturated rings. The number of aliphatic hydroxyl groups is 1. The fourth-order valence-electron chi connectivity index (χ4n) is 3.26. The van der Waals surface area contributed by atoms with E-state index < -0.39 is 5.60 Å². The summed E-state index contributed by atoms with van der Waals surface area (Å²) in [6.45, 7) is 4.47. The quantitative estimate of drug-likeness (QED) is 0.775. The van der Waals surface area contributed by atoms with Gasteiger partial charge in [-0.25, -0.2) is 0 Å². The summed E-state index contributed by atoms with van der Waals surface area (Å²) in [4.78, 5) is 27.2. The summed E-state index contributed by atoms with van der Waals surface area (Å²) in [5.74, 6) is -0.386. The van der Waals surface area contributed by atoms with Crippen molar-refractivity contribution in [2.45, 2.75) is 38.4 Å². The molecule has 0 radical (unpaired) electrons. The molecule has 1 saturated carbocycles. The van der Waals surface area contributed by atoms with Crippen molar-refractivity contribution >= 4 is 16.7 Å². The number of carbonyl (C=O) groups is 1. The highest BCUT2D eigenvalue weighted by Crippen LogP contribution is 2.34. The molecule has 0 aliphatic heterocycles. The Hall–Kier alpha value is -2.18. The Kier molecular flexibility index (Phi) is 4.43. The maximum Gasteiger partial charge on any atom is 0.268 e. The number of carbonyl (C=O) groups excluding carboxylic acids is 1. The van der Waals surface area contributed by atoms with Crippen molar-refractivity contribution in [1.82, 2.24) is 10.3 Å². The van der Waals surface area contributed by atoms with E-state index in [-0.39, 0.29) is 29.8 Å². The zero-order valence-corrected chi connectivity index (χ0v) is 13.9. The van der Waals surface area contributed by atoms with E-state index in [0.717, 1.165) is 10.9 Å². The van der Waals surface area contributed by atoms with Crippen molar-refractivity contribution in [3.63, 3.8) is 0 Å². The van der Waals surface area contributed by atoms with E-state index in [9.17, 15) is 14.7 Å². The highest BCUT2D eigenvalue weighted by Gasteiger charge is 2.43. The first-order valence-electron chi connectivity index (χ1n) is 8.17. The van der Waals surface area contributed by atoms with Crippen molar-refractivity contribution < 1.29 is 14.6 Å². The summed E-state index contributed by atoms with van der Waals surface area (Å²) in [6.07, 6.45) is 1.07. The fourth-order valence-corrected chi connectivity index (χ4v) is 3.26. The van der Waals surface area contributed by atoms with Crippen molar-refractivity contribution in [3.05, 3.63) is 45.9 Å². The fraction of sp³-hybridized carbons (Fsp3) is 0.444. The third kappa shape index (κ3) is 3.07. The standard InChI is InChI=1S/C18H22N2O4/c1-3-24-12-8-18(23,9-12)10-19-17(22)15-11(2)13-6-4-5-7-14(13)16(21)20-15/h4-7,12,23H,3,8-10H2,1-2H3,(H,19,22)(H,20,21). The molecule has 1 amide bonds. The largest absolute Gasteiger partial charge is 0.388 e. The lowest BCUT2D eigenvalue weighted by Gasteiger charge is -2.43. The zero-order chi connectivity index (χ0) is 17.3. The van der Waals surface area contributed by atoms with Gasteiger partial charge in [-0.1, -0.05) is 18.2 Å². The van der Waals surface area contributed by atoms with Gasteiger partial charge in [0.1, 0.15) is 5.69 Å². The third-order valence-electron chi connectivity index (χ3n) is 4.61.